The summed E-state index contributed by atoms with van der Waals surface area (Å²) in [5.41, 5.74) is 1.06. The number of nitrogens with zero attached hydrogens (tertiary/aromatic N) is 3. The van der Waals surface area contributed by atoms with E-state index in [1.165, 1.54) is 4.68 Å². The number of benzene rings is 1. The molecule has 0 aliphatic rings. The number of nitrogens with one attached hydrogen (secondary N) is 1. The van der Waals surface area contributed by atoms with Crippen LogP contribution in [0, 0.1) is 0 Å². The van der Waals surface area contributed by atoms with Gasteiger partial charge < -0.3 is 5.32 Å². The van der Waals surface area contributed by atoms with Gasteiger partial charge in [-0.05, 0) is 31.5 Å². The van der Waals surface area contributed by atoms with Crippen LogP contribution in [0.2, 0.25) is 5.02 Å². The summed E-state index contributed by atoms with van der Waals surface area (Å²) in [7, 11) is 0. The molecule has 0 bridgehead atoms. The number of carbonyl (C=O) groups is 1. The van der Waals surface area contributed by atoms with Gasteiger partial charge in [0, 0.05) is 11.1 Å². The Morgan fingerprint density at radius 3 is 3.00 bits per heavy atom. The second kappa shape index (κ2) is 5.84. The van der Waals surface area contributed by atoms with E-state index in [4.69, 9.17) is 11.6 Å². The smallest absolute Gasteiger partial charge is 0.273 e. The molecular formula is C13H15ClN4O. The van der Waals surface area contributed by atoms with Gasteiger partial charge in [0.25, 0.3) is 5.91 Å². The molecule has 0 spiro atoms. The average molecular weight is 279 g/mol. The topological polar surface area (TPSA) is 59.8 Å². The molecule has 0 aliphatic heterocycles. The van der Waals surface area contributed by atoms with Crippen LogP contribution in [0.3, 0.4) is 0 Å². The molecule has 1 aromatic carbocycles. The quantitative estimate of drug-likeness (QED) is 0.934. The SMILES string of the molecule is CC[C@@H](C)NC(=O)c1cn(-c2cccc(Cl)c2)nn1. The first-order chi connectivity index (χ1) is 9.10. The van der Waals surface area contributed by atoms with Crippen LogP contribution in [0.15, 0.2) is 30.5 Å². The maximum atomic E-state index is 11.9. The number of rotatable bonds is 4. The summed E-state index contributed by atoms with van der Waals surface area (Å²) in [5.74, 6) is -0.220. The predicted molar refractivity (Wildman–Crippen MR) is 73.6 cm³/mol. The van der Waals surface area contributed by atoms with Crippen LogP contribution in [-0.4, -0.2) is 26.9 Å². The summed E-state index contributed by atoms with van der Waals surface area (Å²) in [4.78, 5) is 11.9. The van der Waals surface area contributed by atoms with Crippen molar-refractivity contribution in [1.29, 1.82) is 0 Å². The Bertz CT molecular complexity index is 582. The Hall–Kier alpha value is -1.88. The monoisotopic (exact) mass is 278 g/mol. The molecule has 100 valence electrons. The highest BCUT2D eigenvalue weighted by atomic mass is 35.5. The third-order valence-corrected chi connectivity index (χ3v) is 3.02. The van der Waals surface area contributed by atoms with Crippen LogP contribution in [0.4, 0.5) is 0 Å². The van der Waals surface area contributed by atoms with Gasteiger partial charge in [-0.25, -0.2) is 4.68 Å². The average Bonchev–Trinajstić information content (AvgIpc) is 2.88. The van der Waals surface area contributed by atoms with Gasteiger partial charge >= 0.3 is 0 Å². The number of halogens is 1. The second-order valence-corrected chi connectivity index (χ2v) is 4.75. The third-order valence-electron chi connectivity index (χ3n) is 2.79. The van der Waals surface area contributed by atoms with Gasteiger partial charge in [-0.3, -0.25) is 4.79 Å². The molecular weight excluding hydrogens is 264 g/mol. The van der Waals surface area contributed by atoms with Gasteiger partial charge in [0.1, 0.15) is 0 Å². The van der Waals surface area contributed by atoms with E-state index < -0.39 is 0 Å². The molecule has 1 amide bonds. The maximum Gasteiger partial charge on any atom is 0.273 e. The highest BCUT2D eigenvalue weighted by Gasteiger charge is 2.13. The van der Waals surface area contributed by atoms with E-state index in [-0.39, 0.29) is 11.9 Å². The Labute approximate surface area is 116 Å². The summed E-state index contributed by atoms with van der Waals surface area (Å²) < 4.78 is 1.53. The lowest BCUT2D eigenvalue weighted by atomic mass is 10.2. The Kier molecular flexibility index (Phi) is 4.16. The summed E-state index contributed by atoms with van der Waals surface area (Å²) in [6.45, 7) is 3.95. The molecule has 6 heteroatoms. The van der Waals surface area contributed by atoms with Crippen LogP contribution in [0.1, 0.15) is 30.8 Å². The summed E-state index contributed by atoms with van der Waals surface area (Å²) in [6, 6.07) is 7.31. The van der Waals surface area contributed by atoms with Crippen molar-refractivity contribution in [3.63, 3.8) is 0 Å². The predicted octanol–water partition coefficient (Wildman–Crippen LogP) is 2.45. The molecule has 0 fully saturated rings. The van der Waals surface area contributed by atoms with E-state index in [2.05, 4.69) is 15.6 Å². The zero-order chi connectivity index (χ0) is 13.8. The number of carbonyl (C=O) groups excluding carboxylic acids is 1. The first kappa shape index (κ1) is 13.5. The molecule has 2 aromatic rings. The van der Waals surface area contributed by atoms with Crippen molar-refractivity contribution in [2.24, 2.45) is 0 Å². The van der Waals surface area contributed by atoms with Crippen LogP contribution in [-0.2, 0) is 0 Å². The number of amides is 1. The van der Waals surface area contributed by atoms with Gasteiger partial charge in [0.2, 0.25) is 0 Å². The van der Waals surface area contributed by atoms with Crippen molar-refractivity contribution >= 4 is 17.5 Å². The molecule has 1 heterocycles. The van der Waals surface area contributed by atoms with Crippen molar-refractivity contribution in [3.05, 3.63) is 41.2 Å². The van der Waals surface area contributed by atoms with Crippen molar-refractivity contribution < 1.29 is 4.79 Å². The second-order valence-electron chi connectivity index (χ2n) is 4.31. The number of aromatic nitrogens is 3. The fourth-order valence-electron chi connectivity index (χ4n) is 1.51. The molecule has 2 rings (SSSR count). The first-order valence-corrected chi connectivity index (χ1v) is 6.47. The van der Waals surface area contributed by atoms with Gasteiger partial charge in [-0.1, -0.05) is 29.8 Å². The number of hydrogen-bond acceptors (Lipinski definition) is 3. The van der Waals surface area contributed by atoms with Crippen molar-refractivity contribution in [1.82, 2.24) is 20.3 Å². The van der Waals surface area contributed by atoms with Gasteiger partial charge in [0.05, 0.1) is 11.9 Å². The van der Waals surface area contributed by atoms with Gasteiger partial charge in [-0.15, -0.1) is 5.10 Å². The van der Waals surface area contributed by atoms with Crippen LogP contribution < -0.4 is 5.32 Å². The minimum atomic E-state index is -0.220. The zero-order valence-corrected chi connectivity index (χ0v) is 11.6. The van der Waals surface area contributed by atoms with E-state index in [9.17, 15) is 4.79 Å². The van der Waals surface area contributed by atoms with Gasteiger partial charge in [0.15, 0.2) is 5.69 Å². The van der Waals surface area contributed by atoms with Crippen molar-refractivity contribution in [2.45, 2.75) is 26.3 Å². The van der Waals surface area contributed by atoms with Crippen LogP contribution >= 0.6 is 11.6 Å². The maximum absolute atomic E-state index is 11.9. The van der Waals surface area contributed by atoms with E-state index in [1.807, 2.05) is 26.0 Å². The first-order valence-electron chi connectivity index (χ1n) is 6.09. The molecule has 1 aromatic heterocycles. The van der Waals surface area contributed by atoms with E-state index in [0.717, 1.165) is 12.1 Å². The molecule has 0 saturated heterocycles. The van der Waals surface area contributed by atoms with Crippen LogP contribution in [0.5, 0.6) is 0 Å². The molecule has 19 heavy (non-hydrogen) atoms. The molecule has 0 unspecified atom stereocenters. The fraction of sp³-hybridized carbons (Fsp3) is 0.308. The molecule has 0 radical (unpaired) electrons. The third kappa shape index (κ3) is 3.32. The van der Waals surface area contributed by atoms with Crippen molar-refractivity contribution in [3.8, 4) is 5.69 Å². The molecule has 5 nitrogen and oxygen atoms in total. The van der Waals surface area contributed by atoms with E-state index >= 15 is 0 Å². The molecule has 0 saturated carbocycles. The summed E-state index contributed by atoms with van der Waals surface area (Å²) in [5, 5.41) is 11.2. The lowest BCUT2D eigenvalue weighted by molar-refractivity contribution is 0.0934. The lowest BCUT2D eigenvalue weighted by Crippen LogP contribution is -2.32. The highest BCUT2D eigenvalue weighted by Crippen LogP contribution is 2.13. The highest BCUT2D eigenvalue weighted by molar-refractivity contribution is 6.30. The Balaban J connectivity index is 2.17. The summed E-state index contributed by atoms with van der Waals surface area (Å²) in [6.07, 6.45) is 2.46. The van der Waals surface area contributed by atoms with Crippen molar-refractivity contribution in [2.75, 3.05) is 0 Å². The van der Waals surface area contributed by atoms with Gasteiger partial charge in [-0.2, -0.15) is 0 Å². The molecule has 1 atom stereocenters. The van der Waals surface area contributed by atoms with E-state index in [1.54, 1.807) is 18.3 Å². The standard InChI is InChI=1S/C13H15ClN4O/c1-3-9(2)15-13(19)12-8-18(17-16-12)11-6-4-5-10(14)7-11/h4-9H,3H2,1-2H3,(H,15,19)/t9-/m1/s1. The largest absolute Gasteiger partial charge is 0.348 e. The minimum absolute atomic E-state index is 0.115. The van der Waals surface area contributed by atoms with E-state index in [0.29, 0.717) is 10.7 Å². The van der Waals surface area contributed by atoms with Crippen LogP contribution in [0.25, 0.3) is 5.69 Å². The lowest BCUT2D eigenvalue weighted by Gasteiger charge is -2.08. The normalized spacial score (nSPS) is 12.2. The Morgan fingerprint density at radius 1 is 1.53 bits per heavy atom. The number of hydrogen-bond donors (Lipinski definition) is 1. The zero-order valence-electron chi connectivity index (χ0n) is 10.8. The molecule has 0 aliphatic carbocycles. The minimum Gasteiger partial charge on any atom is -0.348 e. The molecule has 1 N–H and O–H groups in total. The Morgan fingerprint density at radius 2 is 2.32 bits per heavy atom. The fourth-order valence-corrected chi connectivity index (χ4v) is 1.70. The summed E-state index contributed by atoms with van der Waals surface area (Å²) >= 11 is 5.91.